The van der Waals surface area contributed by atoms with Crippen LogP contribution in [0, 0.1) is 5.92 Å². The lowest BCUT2D eigenvalue weighted by Gasteiger charge is -2.30. The number of hydrogen-bond acceptors (Lipinski definition) is 2. The van der Waals surface area contributed by atoms with Crippen LogP contribution in [0.3, 0.4) is 0 Å². The van der Waals surface area contributed by atoms with Crippen LogP contribution in [0.25, 0.3) is 0 Å². The van der Waals surface area contributed by atoms with E-state index in [9.17, 15) is 13.6 Å². The van der Waals surface area contributed by atoms with Crippen LogP contribution in [0.1, 0.15) is 32.6 Å². The fourth-order valence-corrected chi connectivity index (χ4v) is 2.28. The van der Waals surface area contributed by atoms with Gasteiger partial charge in [0.15, 0.2) is 5.60 Å². The molecule has 0 amide bonds. The van der Waals surface area contributed by atoms with Gasteiger partial charge in [0, 0.05) is 18.8 Å². The standard InChI is InChI=1S/C9H12F2O2/c1-6-2-4-8(9(6,10)11)5-3-7(12)13-8/h6H,2-5H2,1H3/t6-,8?/m1/s1. The molecular formula is C9H12F2O2. The van der Waals surface area contributed by atoms with Gasteiger partial charge < -0.3 is 4.74 Å². The lowest BCUT2D eigenvalue weighted by molar-refractivity contribution is -0.193. The van der Waals surface area contributed by atoms with Gasteiger partial charge in [-0.15, -0.1) is 0 Å². The molecule has 1 saturated heterocycles. The maximum atomic E-state index is 13.6. The smallest absolute Gasteiger partial charge is 0.306 e. The zero-order valence-electron chi connectivity index (χ0n) is 7.48. The Balaban J connectivity index is 2.29. The first kappa shape index (κ1) is 8.91. The molecule has 0 radical (unpaired) electrons. The second kappa shape index (κ2) is 2.42. The van der Waals surface area contributed by atoms with Crippen LogP contribution < -0.4 is 0 Å². The molecule has 1 unspecified atom stereocenters. The van der Waals surface area contributed by atoms with Gasteiger partial charge in [-0.3, -0.25) is 4.79 Å². The second-order valence-electron chi connectivity index (χ2n) is 4.03. The summed E-state index contributed by atoms with van der Waals surface area (Å²) in [4.78, 5) is 10.8. The highest BCUT2D eigenvalue weighted by Crippen LogP contribution is 2.54. The maximum Gasteiger partial charge on any atom is 0.306 e. The third kappa shape index (κ3) is 1.00. The quantitative estimate of drug-likeness (QED) is 0.547. The highest BCUT2D eigenvalue weighted by Gasteiger charge is 2.65. The monoisotopic (exact) mass is 190 g/mol. The minimum absolute atomic E-state index is 0.141. The molecule has 0 aromatic rings. The van der Waals surface area contributed by atoms with E-state index in [0.29, 0.717) is 12.8 Å². The lowest BCUT2D eigenvalue weighted by Crippen LogP contribution is -2.45. The first-order valence-corrected chi connectivity index (χ1v) is 4.58. The van der Waals surface area contributed by atoms with E-state index in [1.54, 1.807) is 0 Å². The van der Waals surface area contributed by atoms with Gasteiger partial charge in [-0.05, 0) is 12.8 Å². The SMILES string of the molecule is C[C@@H]1CCC2(CCC(=O)O2)C1(F)F. The number of ether oxygens (including phenoxy) is 1. The fourth-order valence-electron chi connectivity index (χ4n) is 2.28. The Morgan fingerprint density at radius 2 is 2.15 bits per heavy atom. The first-order valence-electron chi connectivity index (χ1n) is 4.58. The van der Waals surface area contributed by atoms with E-state index < -0.39 is 23.4 Å². The Bertz CT molecular complexity index is 252. The van der Waals surface area contributed by atoms with Gasteiger partial charge in [0.1, 0.15) is 0 Å². The first-order chi connectivity index (χ1) is 5.98. The molecule has 1 aliphatic carbocycles. The van der Waals surface area contributed by atoms with Crippen LogP contribution in [0.2, 0.25) is 0 Å². The number of rotatable bonds is 0. The average Bonchev–Trinajstić information content (AvgIpc) is 2.52. The van der Waals surface area contributed by atoms with Gasteiger partial charge in [-0.25, -0.2) is 8.78 Å². The van der Waals surface area contributed by atoms with Gasteiger partial charge in [0.05, 0.1) is 0 Å². The zero-order valence-corrected chi connectivity index (χ0v) is 7.48. The van der Waals surface area contributed by atoms with Gasteiger partial charge in [0.2, 0.25) is 0 Å². The van der Waals surface area contributed by atoms with E-state index >= 15 is 0 Å². The van der Waals surface area contributed by atoms with Gasteiger partial charge in [-0.1, -0.05) is 6.92 Å². The summed E-state index contributed by atoms with van der Waals surface area (Å²) in [5.74, 6) is -3.98. The van der Waals surface area contributed by atoms with Crippen molar-refractivity contribution in [3.05, 3.63) is 0 Å². The summed E-state index contributed by atoms with van der Waals surface area (Å²) in [6.07, 6.45) is 1.08. The van der Waals surface area contributed by atoms with Crippen LogP contribution in [0.4, 0.5) is 8.78 Å². The van der Waals surface area contributed by atoms with E-state index in [2.05, 4.69) is 0 Å². The van der Waals surface area contributed by atoms with E-state index in [1.165, 1.54) is 6.92 Å². The van der Waals surface area contributed by atoms with E-state index in [0.717, 1.165) is 0 Å². The largest absolute Gasteiger partial charge is 0.453 e. The van der Waals surface area contributed by atoms with Crippen molar-refractivity contribution in [1.82, 2.24) is 0 Å². The van der Waals surface area contributed by atoms with Gasteiger partial charge >= 0.3 is 5.97 Å². The summed E-state index contributed by atoms with van der Waals surface area (Å²) >= 11 is 0. The number of hydrogen-bond donors (Lipinski definition) is 0. The van der Waals surface area contributed by atoms with Crippen molar-refractivity contribution < 1.29 is 18.3 Å². The molecule has 1 aliphatic heterocycles. The number of halogens is 2. The van der Waals surface area contributed by atoms with Crippen LogP contribution in [0.5, 0.6) is 0 Å². The summed E-state index contributed by atoms with van der Waals surface area (Å²) in [7, 11) is 0. The molecule has 2 rings (SSSR count). The molecule has 2 atom stereocenters. The molecule has 4 heteroatoms. The van der Waals surface area contributed by atoms with Crippen LogP contribution in [-0.4, -0.2) is 17.5 Å². The zero-order chi connectivity index (χ0) is 9.69. The van der Waals surface area contributed by atoms with E-state index in [-0.39, 0.29) is 12.8 Å². The minimum atomic E-state index is -2.83. The molecular weight excluding hydrogens is 178 g/mol. The van der Waals surface area contributed by atoms with Crippen LogP contribution >= 0.6 is 0 Å². The van der Waals surface area contributed by atoms with Gasteiger partial charge in [0.25, 0.3) is 5.92 Å². The highest BCUT2D eigenvalue weighted by molar-refractivity contribution is 5.72. The summed E-state index contributed by atoms with van der Waals surface area (Å²) in [6.45, 7) is 1.51. The Morgan fingerprint density at radius 3 is 2.54 bits per heavy atom. The highest BCUT2D eigenvalue weighted by atomic mass is 19.3. The summed E-state index contributed by atoms with van der Waals surface area (Å²) < 4.78 is 32.0. The van der Waals surface area contributed by atoms with Crippen molar-refractivity contribution in [2.24, 2.45) is 5.92 Å². The Kier molecular flexibility index (Phi) is 1.66. The second-order valence-corrected chi connectivity index (χ2v) is 4.03. The predicted molar refractivity (Wildman–Crippen MR) is 41.4 cm³/mol. The van der Waals surface area contributed by atoms with Crippen molar-refractivity contribution in [3.8, 4) is 0 Å². The van der Waals surface area contributed by atoms with Crippen molar-refractivity contribution in [3.63, 3.8) is 0 Å². The minimum Gasteiger partial charge on any atom is -0.453 e. The molecule has 0 aromatic carbocycles. The topological polar surface area (TPSA) is 26.3 Å². The molecule has 1 saturated carbocycles. The molecule has 74 valence electrons. The normalized spacial score (nSPS) is 42.7. The number of carbonyl (C=O) groups excluding carboxylic acids is 1. The third-order valence-corrected chi connectivity index (χ3v) is 3.25. The fraction of sp³-hybridized carbons (Fsp3) is 0.889. The third-order valence-electron chi connectivity index (χ3n) is 3.25. The Labute approximate surface area is 75.3 Å². The Hall–Kier alpha value is -0.670. The van der Waals surface area contributed by atoms with Crippen LogP contribution in [0.15, 0.2) is 0 Å². The number of carbonyl (C=O) groups is 1. The van der Waals surface area contributed by atoms with Gasteiger partial charge in [-0.2, -0.15) is 0 Å². The molecule has 0 bridgehead atoms. The summed E-state index contributed by atoms with van der Waals surface area (Å²) in [5.41, 5.74) is -1.45. The number of esters is 1. The lowest BCUT2D eigenvalue weighted by atomic mass is 9.93. The van der Waals surface area contributed by atoms with E-state index in [1.807, 2.05) is 0 Å². The predicted octanol–water partition coefficient (Wildman–Crippen LogP) is 2.13. The van der Waals surface area contributed by atoms with Crippen LogP contribution in [-0.2, 0) is 9.53 Å². The average molecular weight is 190 g/mol. The summed E-state index contributed by atoms with van der Waals surface area (Å²) in [5, 5.41) is 0. The van der Waals surface area contributed by atoms with E-state index in [4.69, 9.17) is 4.74 Å². The molecule has 2 nitrogen and oxygen atoms in total. The molecule has 1 heterocycles. The molecule has 2 fully saturated rings. The van der Waals surface area contributed by atoms with Crippen molar-refractivity contribution >= 4 is 5.97 Å². The molecule has 0 aromatic heterocycles. The Morgan fingerprint density at radius 1 is 1.46 bits per heavy atom. The van der Waals surface area contributed by atoms with Crippen molar-refractivity contribution in [1.29, 1.82) is 0 Å². The molecule has 2 aliphatic rings. The molecule has 0 N–H and O–H groups in total. The van der Waals surface area contributed by atoms with Crippen molar-refractivity contribution in [2.75, 3.05) is 0 Å². The maximum absolute atomic E-state index is 13.6. The number of alkyl halides is 2. The molecule has 13 heavy (non-hydrogen) atoms. The molecule has 1 spiro atoms. The van der Waals surface area contributed by atoms with Crippen molar-refractivity contribution in [2.45, 2.75) is 44.1 Å². The summed E-state index contributed by atoms with van der Waals surface area (Å²) in [6, 6.07) is 0.